The lowest BCUT2D eigenvalue weighted by Crippen LogP contribution is -2.34. The van der Waals surface area contributed by atoms with Gasteiger partial charge in [-0.1, -0.05) is 36.4 Å². The molecule has 2 aromatic rings. The van der Waals surface area contributed by atoms with Gasteiger partial charge >= 0.3 is 5.37 Å². The second-order valence-electron chi connectivity index (χ2n) is 6.18. The summed E-state index contributed by atoms with van der Waals surface area (Å²) < 4.78 is 39.6. The summed E-state index contributed by atoms with van der Waals surface area (Å²) >= 11 is 5.43. The predicted octanol–water partition coefficient (Wildman–Crippen LogP) is 3.88. The highest BCUT2D eigenvalue weighted by Gasteiger charge is 2.40. The van der Waals surface area contributed by atoms with Crippen LogP contribution in [0.25, 0.3) is 0 Å². The van der Waals surface area contributed by atoms with E-state index in [1.807, 2.05) is 18.2 Å². The van der Waals surface area contributed by atoms with Gasteiger partial charge in [-0.3, -0.25) is 9.35 Å². The van der Waals surface area contributed by atoms with Crippen LogP contribution in [-0.4, -0.2) is 30.1 Å². The second kappa shape index (κ2) is 7.26. The molecule has 3 rings (SSSR count). The summed E-state index contributed by atoms with van der Waals surface area (Å²) in [5.41, 5.74) is 1.37. The minimum Gasteiger partial charge on any atom is -0.457 e. The molecule has 2 N–H and O–H groups in total. The number of hydrogen-bond acceptors (Lipinski definition) is 4. The number of hydrogen-bond donors (Lipinski definition) is 2. The van der Waals surface area contributed by atoms with E-state index in [9.17, 15) is 17.8 Å². The van der Waals surface area contributed by atoms with E-state index in [0.717, 1.165) is 5.56 Å². The maximum absolute atomic E-state index is 11.9. The molecular formula is C18H18ClNO5S. The van der Waals surface area contributed by atoms with Crippen molar-refractivity contribution in [2.45, 2.75) is 24.0 Å². The van der Waals surface area contributed by atoms with Crippen LogP contribution < -0.4 is 10.1 Å². The molecule has 26 heavy (non-hydrogen) atoms. The molecule has 0 saturated heterocycles. The minimum atomic E-state index is -4.34. The first-order chi connectivity index (χ1) is 12.3. The van der Waals surface area contributed by atoms with Crippen molar-refractivity contribution in [2.75, 3.05) is 6.54 Å². The molecule has 0 bridgehead atoms. The summed E-state index contributed by atoms with van der Waals surface area (Å²) in [6, 6.07) is 14.3. The van der Waals surface area contributed by atoms with Gasteiger partial charge in [0.1, 0.15) is 11.5 Å². The molecule has 1 heterocycles. The van der Waals surface area contributed by atoms with Crippen LogP contribution in [0.1, 0.15) is 29.9 Å². The van der Waals surface area contributed by atoms with Gasteiger partial charge in [-0.2, -0.15) is 8.42 Å². The molecule has 0 spiro atoms. The molecule has 3 atom stereocenters. The maximum atomic E-state index is 11.9. The molecule has 1 amide bonds. The number of benzene rings is 2. The Labute approximate surface area is 156 Å². The first kappa shape index (κ1) is 18.7. The highest BCUT2D eigenvalue weighted by Crippen LogP contribution is 2.48. The zero-order valence-corrected chi connectivity index (χ0v) is 15.5. The molecular weight excluding hydrogens is 378 g/mol. The monoisotopic (exact) mass is 395 g/mol. The lowest BCUT2D eigenvalue weighted by molar-refractivity contribution is 0.258. The third-order valence-corrected chi connectivity index (χ3v) is 6.05. The molecule has 1 aliphatic rings. The van der Waals surface area contributed by atoms with E-state index in [0.29, 0.717) is 17.1 Å². The van der Waals surface area contributed by atoms with E-state index >= 15 is 0 Å². The summed E-state index contributed by atoms with van der Waals surface area (Å²) in [4.78, 5) is 11.3. The first-order valence-corrected chi connectivity index (χ1v) is 9.92. The summed E-state index contributed by atoms with van der Waals surface area (Å²) in [6.07, 6.45) is 0. The number of carbonyl (C=O) groups excluding carboxylic acids is 1. The lowest BCUT2D eigenvalue weighted by Gasteiger charge is -2.30. The van der Waals surface area contributed by atoms with Crippen molar-refractivity contribution in [2.24, 2.45) is 0 Å². The molecule has 0 aliphatic carbocycles. The maximum Gasteiger partial charge on any atom is 0.313 e. The number of fused-ring (bicyclic) bond motifs is 2. The Hall–Kier alpha value is -2.09. The Kier molecular flexibility index (Phi) is 5.22. The fourth-order valence-electron chi connectivity index (χ4n) is 3.45. The topological polar surface area (TPSA) is 92.7 Å². The van der Waals surface area contributed by atoms with Crippen LogP contribution in [0.5, 0.6) is 11.5 Å². The molecule has 0 fully saturated rings. The average molecular weight is 396 g/mol. The molecule has 0 radical (unpaired) electrons. The van der Waals surface area contributed by atoms with Gasteiger partial charge in [-0.05, 0) is 36.2 Å². The fourth-order valence-corrected chi connectivity index (χ4v) is 4.23. The number of carbonyl (C=O) groups is 1. The molecule has 6 nitrogen and oxygen atoms in total. The third-order valence-electron chi connectivity index (χ3n) is 4.69. The summed E-state index contributed by atoms with van der Waals surface area (Å²) in [5.74, 6) is -0.0261. The Balaban J connectivity index is 2.22. The van der Waals surface area contributed by atoms with Gasteiger partial charge in [0.25, 0.3) is 10.1 Å². The van der Waals surface area contributed by atoms with E-state index in [-0.39, 0.29) is 6.54 Å². The summed E-state index contributed by atoms with van der Waals surface area (Å²) in [6.45, 7) is 1.54. The largest absolute Gasteiger partial charge is 0.457 e. The molecule has 3 unspecified atom stereocenters. The van der Waals surface area contributed by atoms with Crippen molar-refractivity contribution < 1.29 is 22.5 Å². The van der Waals surface area contributed by atoms with Gasteiger partial charge in [0.2, 0.25) is 0 Å². The van der Waals surface area contributed by atoms with Crippen LogP contribution in [0.3, 0.4) is 0 Å². The second-order valence-corrected chi connectivity index (χ2v) is 8.30. The number of ether oxygens (including phenoxy) is 1. The van der Waals surface area contributed by atoms with Crippen LogP contribution in [-0.2, 0) is 10.1 Å². The Morgan fingerprint density at radius 3 is 2.27 bits per heavy atom. The van der Waals surface area contributed by atoms with Crippen molar-refractivity contribution >= 4 is 27.1 Å². The van der Waals surface area contributed by atoms with E-state index in [1.54, 1.807) is 30.3 Å². The molecule has 138 valence electrons. The van der Waals surface area contributed by atoms with E-state index in [1.165, 1.54) is 6.92 Å². The number of amides is 1. The molecule has 0 aromatic heterocycles. The molecule has 0 saturated carbocycles. The molecule has 1 aliphatic heterocycles. The normalized spacial score (nSPS) is 20.1. The molecule has 2 aromatic carbocycles. The molecule has 8 heteroatoms. The van der Waals surface area contributed by atoms with E-state index < -0.39 is 32.6 Å². The lowest BCUT2D eigenvalue weighted by atomic mass is 9.79. The Morgan fingerprint density at radius 1 is 1.15 bits per heavy atom. The standard InChI is InChI=1S/C18H18ClNO5S/c1-11(26(22,23)24)17-13-7-3-5-9-16(13)25-15-8-4-2-6-12(15)14(17)10-20-18(19)21/h2-9,11,14,17H,10H2,1H3,(H,20,21)(H,22,23,24). The zero-order chi connectivity index (χ0) is 18.9. The summed E-state index contributed by atoms with van der Waals surface area (Å²) in [5, 5.41) is 0.693. The highest BCUT2D eigenvalue weighted by molar-refractivity contribution is 7.86. The van der Waals surface area contributed by atoms with Gasteiger partial charge in [-0.25, -0.2) is 0 Å². The highest BCUT2D eigenvalue weighted by atomic mass is 35.5. The van der Waals surface area contributed by atoms with Crippen LogP contribution >= 0.6 is 11.6 Å². The van der Waals surface area contributed by atoms with Crippen LogP contribution in [0.4, 0.5) is 4.79 Å². The Bertz CT molecular complexity index is 931. The predicted molar refractivity (Wildman–Crippen MR) is 98.7 cm³/mol. The van der Waals surface area contributed by atoms with Gasteiger partial charge in [0.05, 0.1) is 5.25 Å². The number of nitrogens with one attached hydrogen (secondary N) is 1. The van der Waals surface area contributed by atoms with E-state index in [2.05, 4.69) is 5.32 Å². The third kappa shape index (κ3) is 3.70. The van der Waals surface area contributed by atoms with Crippen molar-refractivity contribution in [3.63, 3.8) is 0 Å². The SMILES string of the molecule is CC(C1c2ccccc2Oc2ccccc2C1CNC(=O)Cl)S(=O)(=O)O. The van der Waals surface area contributed by atoms with Crippen molar-refractivity contribution in [1.29, 1.82) is 0 Å². The van der Waals surface area contributed by atoms with Gasteiger partial charge in [0, 0.05) is 23.9 Å². The van der Waals surface area contributed by atoms with Crippen molar-refractivity contribution in [3.05, 3.63) is 59.7 Å². The van der Waals surface area contributed by atoms with E-state index in [4.69, 9.17) is 16.3 Å². The van der Waals surface area contributed by atoms with Gasteiger partial charge in [-0.15, -0.1) is 0 Å². The fraction of sp³-hybridized carbons (Fsp3) is 0.278. The van der Waals surface area contributed by atoms with Crippen molar-refractivity contribution in [1.82, 2.24) is 5.32 Å². The average Bonchev–Trinajstić information content (AvgIpc) is 2.72. The Morgan fingerprint density at radius 2 is 1.69 bits per heavy atom. The van der Waals surface area contributed by atoms with Crippen molar-refractivity contribution in [3.8, 4) is 11.5 Å². The van der Waals surface area contributed by atoms with Crippen LogP contribution in [0.15, 0.2) is 48.5 Å². The number of para-hydroxylation sites is 2. The van der Waals surface area contributed by atoms with Crippen LogP contribution in [0.2, 0.25) is 0 Å². The summed E-state index contributed by atoms with van der Waals surface area (Å²) in [7, 11) is -4.34. The van der Waals surface area contributed by atoms with Crippen LogP contribution in [0, 0.1) is 0 Å². The van der Waals surface area contributed by atoms with Gasteiger partial charge in [0.15, 0.2) is 0 Å². The minimum absolute atomic E-state index is 0.0988. The van der Waals surface area contributed by atoms with Gasteiger partial charge < -0.3 is 10.1 Å². The zero-order valence-electron chi connectivity index (χ0n) is 13.9. The first-order valence-electron chi connectivity index (χ1n) is 8.04. The number of rotatable bonds is 4. The number of halogens is 1. The quantitative estimate of drug-likeness (QED) is 0.465. The smallest absolute Gasteiger partial charge is 0.313 e.